The molecule has 0 radical (unpaired) electrons. The zero-order chi connectivity index (χ0) is 29.7. The van der Waals surface area contributed by atoms with Crippen molar-refractivity contribution in [2.24, 2.45) is 20.0 Å². The van der Waals surface area contributed by atoms with Crippen LogP contribution in [0.15, 0.2) is 92.8 Å². The third kappa shape index (κ3) is 2.11. The molecule has 8 heteroatoms. The van der Waals surface area contributed by atoms with E-state index >= 15 is 0 Å². The molecule has 8 heterocycles. The molecular weight excluding hydrogens is 556 g/mol. The molecule has 6 aromatic rings. The fourth-order valence-corrected chi connectivity index (χ4v) is 8.94. The number of hydrogen-bond acceptors (Lipinski definition) is 4. The van der Waals surface area contributed by atoms with Crippen molar-refractivity contribution in [2.75, 3.05) is 0 Å². The SMILES string of the molecule is Cc1cccc2c1C1=Nc3c4cccc(C)c4c4n3C35n6c(c7cccc(C)c7c6=NC2=[N+]13)=NC1=[N+]5C(=N4)c2cccc(C)c21. The summed E-state index contributed by atoms with van der Waals surface area (Å²) >= 11 is 0. The summed E-state index contributed by atoms with van der Waals surface area (Å²) in [5.41, 5.74) is 11.0. The lowest BCUT2D eigenvalue weighted by molar-refractivity contribution is -0.790. The maximum atomic E-state index is 5.55. The molecule has 210 valence electrons. The van der Waals surface area contributed by atoms with Crippen molar-refractivity contribution >= 4 is 56.5 Å². The Morgan fingerprint density at radius 3 is 1.96 bits per heavy atom. The Morgan fingerprint density at radius 1 is 0.511 bits per heavy atom. The minimum absolute atomic E-state index is 0.912. The Bertz CT molecular complexity index is 2850. The molecule has 0 saturated carbocycles. The van der Waals surface area contributed by atoms with E-state index in [4.69, 9.17) is 20.0 Å². The molecule has 6 aliphatic rings. The first-order valence-electron chi connectivity index (χ1n) is 15.4. The Kier molecular flexibility index (Phi) is 3.44. The van der Waals surface area contributed by atoms with Gasteiger partial charge >= 0.3 is 5.91 Å². The number of aromatic nitrogens is 2. The lowest BCUT2D eigenvalue weighted by atomic mass is 10.0. The zero-order valence-electron chi connectivity index (χ0n) is 25.0. The van der Waals surface area contributed by atoms with E-state index in [2.05, 4.69) is 119 Å². The van der Waals surface area contributed by atoms with Gasteiger partial charge in [-0.15, -0.1) is 9.15 Å². The van der Waals surface area contributed by atoms with Gasteiger partial charge in [0.1, 0.15) is 0 Å². The third-order valence-corrected chi connectivity index (χ3v) is 10.7. The summed E-state index contributed by atoms with van der Waals surface area (Å²) < 4.78 is 9.52. The van der Waals surface area contributed by atoms with Crippen LogP contribution in [0.25, 0.3) is 21.5 Å². The molecule has 6 aliphatic heterocycles. The third-order valence-electron chi connectivity index (χ3n) is 10.7. The Balaban J connectivity index is 1.45. The van der Waals surface area contributed by atoms with E-state index in [0.717, 1.165) is 89.8 Å². The summed E-state index contributed by atoms with van der Waals surface area (Å²) in [5.74, 6) is 4.54. The summed E-state index contributed by atoms with van der Waals surface area (Å²) in [7, 11) is 0. The molecule has 0 amide bonds. The molecule has 0 aliphatic carbocycles. The molecular formula is C37H24N8+2. The van der Waals surface area contributed by atoms with Crippen molar-refractivity contribution in [3.63, 3.8) is 0 Å². The molecule has 0 N–H and O–H groups in total. The van der Waals surface area contributed by atoms with Crippen LogP contribution in [0.2, 0.25) is 0 Å². The first kappa shape index (κ1) is 22.7. The molecule has 0 saturated heterocycles. The lowest BCUT2D eigenvalue weighted by Gasteiger charge is -2.40. The van der Waals surface area contributed by atoms with E-state index in [1.165, 1.54) is 22.3 Å². The molecule has 0 bridgehead atoms. The molecule has 1 unspecified atom stereocenters. The van der Waals surface area contributed by atoms with Gasteiger partial charge in [0, 0.05) is 10.8 Å². The summed E-state index contributed by atoms with van der Waals surface area (Å²) in [4.78, 5) is 22.2. The maximum absolute atomic E-state index is 5.55. The van der Waals surface area contributed by atoms with Gasteiger partial charge in [0.25, 0.3) is 23.3 Å². The summed E-state index contributed by atoms with van der Waals surface area (Å²) in [5, 5.41) is 4.48. The van der Waals surface area contributed by atoms with Crippen LogP contribution in [0.5, 0.6) is 0 Å². The van der Waals surface area contributed by atoms with Gasteiger partial charge in [-0.1, -0.05) is 68.5 Å². The number of rotatable bonds is 0. The van der Waals surface area contributed by atoms with Gasteiger partial charge in [0.05, 0.1) is 33.0 Å². The second-order valence-electron chi connectivity index (χ2n) is 13.0. The molecule has 0 fully saturated rings. The van der Waals surface area contributed by atoms with Crippen LogP contribution < -0.4 is 11.0 Å². The molecule has 45 heavy (non-hydrogen) atoms. The van der Waals surface area contributed by atoms with Crippen molar-refractivity contribution in [3.05, 3.63) is 128 Å². The maximum Gasteiger partial charge on any atom is 0.404 e. The van der Waals surface area contributed by atoms with Crippen LogP contribution in [0.3, 0.4) is 0 Å². The number of aliphatic imine (C=N–C) groups is 2. The number of amidine groups is 4. The summed E-state index contributed by atoms with van der Waals surface area (Å²) in [6, 6.07) is 26.1. The standard InChI is InChI=1S/C37H24N8/c1-17-9-5-13-21-25(17)33-38-30-22-14-6-10-18(2)26(22)35-40-32-24-16-8-12-20(4)28(24)36-41-31-23-15-7-11-19(3)27(23)34-39-29(21)42(33)37(43(30)35,44(31)34)45(32)36/h5-16H,1-4H3/q+2. The van der Waals surface area contributed by atoms with Crippen molar-refractivity contribution in [2.45, 2.75) is 33.6 Å². The van der Waals surface area contributed by atoms with Gasteiger partial charge in [0.15, 0.2) is 0 Å². The van der Waals surface area contributed by atoms with Crippen molar-refractivity contribution in [1.82, 2.24) is 9.13 Å². The zero-order valence-corrected chi connectivity index (χ0v) is 25.0. The van der Waals surface area contributed by atoms with E-state index in [1.54, 1.807) is 0 Å². The highest BCUT2D eigenvalue weighted by molar-refractivity contribution is 6.21. The fourth-order valence-electron chi connectivity index (χ4n) is 8.94. The number of nitrogens with zero attached hydrogens (tertiary/aromatic N) is 8. The number of aryl methyl sites for hydroxylation is 4. The summed E-state index contributed by atoms with van der Waals surface area (Å²) in [6.07, 6.45) is 0. The average molecular weight is 581 g/mol. The van der Waals surface area contributed by atoms with Crippen LogP contribution in [0.4, 0.5) is 11.6 Å². The molecule has 2 aromatic heterocycles. The molecule has 12 rings (SSSR count). The molecule has 8 nitrogen and oxygen atoms in total. The van der Waals surface area contributed by atoms with Crippen LogP contribution >= 0.6 is 0 Å². The Morgan fingerprint density at radius 2 is 1.13 bits per heavy atom. The smallest absolute Gasteiger partial charge is 0.192 e. The van der Waals surface area contributed by atoms with Crippen LogP contribution in [-0.4, -0.2) is 41.6 Å². The molecule has 1 spiro atoms. The van der Waals surface area contributed by atoms with Crippen molar-refractivity contribution < 1.29 is 9.15 Å². The van der Waals surface area contributed by atoms with E-state index in [9.17, 15) is 0 Å². The van der Waals surface area contributed by atoms with Crippen LogP contribution in [0, 0.1) is 27.7 Å². The average Bonchev–Trinajstić information content (AvgIpc) is 3.75. The summed E-state index contributed by atoms with van der Waals surface area (Å²) in [6.45, 7) is 8.73. The fraction of sp³-hybridized carbons (Fsp3) is 0.135. The van der Waals surface area contributed by atoms with E-state index < -0.39 is 5.91 Å². The Labute approximate surface area is 256 Å². The van der Waals surface area contributed by atoms with E-state index in [-0.39, 0.29) is 0 Å². The largest absolute Gasteiger partial charge is 0.404 e. The van der Waals surface area contributed by atoms with Gasteiger partial charge in [-0.3, -0.25) is 0 Å². The second kappa shape index (κ2) is 6.81. The predicted octanol–water partition coefficient (Wildman–Crippen LogP) is 4.94. The highest BCUT2D eigenvalue weighted by Gasteiger charge is 2.69. The first-order chi connectivity index (χ1) is 22.0. The second-order valence-corrected chi connectivity index (χ2v) is 13.0. The van der Waals surface area contributed by atoms with Gasteiger partial charge in [-0.05, 0) is 74.2 Å². The van der Waals surface area contributed by atoms with Gasteiger partial charge < -0.3 is 0 Å². The quantitative estimate of drug-likeness (QED) is 0.229. The number of hydrogen-bond donors (Lipinski definition) is 0. The van der Waals surface area contributed by atoms with Gasteiger partial charge in [-0.25, -0.2) is 0 Å². The topological polar surface area (TPSA) is 65.3 Å². The first-order valence-corrected chi connectivity index (χ1v) is 15.4. The van der Waals surface area contributed by atoms with E-state index in [0.29, 0.717) is 0 Å². The van der Waals surface area contributed by atoms with Crippen molar-refractivity contribution in [1.29, 1.82) is 0 Å². The Hall–Kier alpha value is -5.76. The van der Waals surface area contributed by atoms with Gasteiger partial charge in [-0.2, -0.15) is 9.13 Å². The number of fused-ring (bicyclic) bond motifs is 12. The van der Waals surface area contributed by atoms with Crippen molar-refractivity contribution in [3.8, 4) is 0 Å². The van der Waals surface area contributed by atoms with E-state index in [1.807, 2.05) is 0 Å². The van der Waals surface area contributed by atoms with Crippen LogP contribution in [-0.2, 0) is 5.91 Å². The minimum atomic E-state index is -0.953. The monoisotopic (exact) mass is 580 g/mol. The lowest BCUT2D eigenvalue weighted by Crippen LogP contribution is -2.71. The minimum Gasteiger partial charge on any atom is -0.192 e. The highest BCUT2D eigenvalue weighted by Crippen LogP contribution is 2.53. The normalized spacial score (nSPS) is 20.1. The number of benzene rings is 4. The molecule has 1 atom stereocenters. The van der Waals surface area contributed by atoms with Gasteiger partial charge in [0.2, 0.25) is 22.6 Å². The highest BCUT2D eigenvalue weighted by atomic mass is 15.7. The predicted molar refractivity (Wildman–Crippen MR) is 173 cm³/mol. The van der Waals surface area contributed by atoms with Crippen LogP contribution in [0.1, 0.15) is 44.5 Å². The molecule has 4 aromatic carbocycles.